The Morgan fingerprint density at radius 1 is 1.48 bits per heavy atom. The van der Waals surface area contributed by atoms with Gasteiger partial charge in [-0.2, -0.15) is 0 Å². The molecule has 1 amide bonds. The van der Waals surface area contributed by atoms with Crippen molar-refractivity contribution < 1.29 is 14.3 Å². The topological polar surface area (TPSA) is 80.3 Å². The van der Waals surface area contributed by atoms with Gasteiger partial charge in [-0.3, -0.25) is 4.79 Å². The smallest absolute Gasteiger partial charge is 0.338 e. The van der Waals surface area contributed by atoms with E-state index in [1.807, 2.05) is 0 Å². The minimum absolute atomic E-state index is 0.121. The number of anilines is 1. The number of fused-ring (bicyclic) bond motifs is 1. The average Bonchev–Trinajstić information content (AvgIpc) is 2.94. The molecule has 1 aromatic rings. The summed E-state index contributed by atoms with van der Waals surface area (Å²) in [5, 5.41) is 6.06. The Morgan fingerprint density at radius 3 is 2.86 bits per heavy atom. The Balaban J connectivity index is 1.71. The first-order valence-corrected chi connectivity index (χ1v) is 7.53. The van der Waals surface area contributed by atoms with E-state index in [1.165, 1.54) is 13.2 Å². The van der Waals surface area contributed by atoms with Gasteiger partial charge in [0.2, 0.25) is 5.91 Å². The fourth-order valence-electron chi connectivity index (χ4n) is 2.84. The second-order valence-corrected chi connectivity index (χ2v) is 6.69. The molecule has 1 saturated carbocycles. The Morgan fingerprint density at radius 2 is 2.24 bits per heavy atom. The predicted octanol–water partition coefficient (Wildman–Crippen LogP) is 1.71. The molecular weight excluding hydrogens is 338 g/mol. The van der Waals surface area contributed by atoms with Crippen LogP contribution in [0.25, 0.3) is 0 Å². The Bertz CT molecular complexity index is 621. The average molecular weight is 354 g/mol. The minimum atomic E-state index is -0.471. The van der Waals surface area contributed by atoms with Crippen molar-refractivity contribution in [1.29, 1.82) is 0 Å². The summed E-state index contributed by atoms with van der Waals surface area (Å²) in [6, 6.07) is 3.31. The second kappa shape index (κ2) is 5.06. The summed E-state index contributed by atoms with van der Waals surface area (Å²) >= 11 is 3.22. The Labute approximate surface area is 130 Å². The Kier molecular flexibility index (Phi) is 3.49. The van der Waals surface area contributed by atoms with Crippen LogP contribution in [0.3, 0.4) is 0 Å². The molecule has 2 fully saturated rings. The number of hydrogen-bond donors (Lipinski definition) is 2. The van der Waals surface area contributed by atoms with E-state index in [4.69, 9.17) is 0 Å². The van der Waals surface area contributed by atoms with E-state index in [0.717, 1.165) is 12.8 Å². The van der Waals surface area contributed by atoms with Crippen LogP contribution in [0.2, 0.25) is 0 Å². The molecule has 3 atom stereocenters. The van der Waals surface area contributed by atoms with E-state index in [9.17, 15) is 9.59 Å². The zero-order valence-corrected chi connectivity index (χ0v) is 13.4. The van der Waals surface area contributed by atoms with Gasteiger partial charge >= 0.3 is 5.97 Å². The molecule has 1 aliphatic heterocycles. The van der Waals surface area contributed by atoms with Crippen LogP contribution in [0, 0.1) is 5.41 Å². The molecule has 21 heavy (non-hydrogen) atoms. The van der Waals surface area contributed by atoms with Crippen molar-refractivity contribution in [2.24, 2.45) is 5.41 Å². The van der Waals surface area contributed by atoms with Gasteiger partial charge in [-0.15, -0.1) is 0 Å². The van der Waals surface area contributed by atoms with E-state index in [0.29, 0.717) is 22.0 Å². The number of pyridine rings is 1. The van der Waals surface area contributed by atoms with E-state index >= 15 is 0 Å². The number of nitrogens with zero attached hydrogens (tertiary/aromatic N) is 1. The van der Waals surface area contributed by atoms with Crippen molar-refractivity contribution in [3.8, 4) is 0 Å². The van der Waals surface area contributed by atoms with Crippen molar-refractivity contribution in [3.63, 3.8) is 0 Å². The zero-order chi connectivity index (χ0) is 15.2. The summed E-state index contributed by atoms with van der Waals surface area (Å²) in [6.07, 6.45) is 1.97. The SMILES string of the molecule is COC(=O)c1cc(Br)nc(NC(=O)[C@@H]2C[C@@]3(C)C[C@H]3N2)c1. The number of piperidine rings is 1. The molecule has 0 unspecified atom stereocenters. The fraction of sp³-hybridized carbons (Fsp3) is 0.500. The number of halogens is 1. The number of rotatable bonds is 3. The van der Waals surface area contributed by atoms with E-state index in [-0.39, 0.29) is 17.4 Å². The van der Waals surface area contributed by atoms with E-state index < -0.39 is 5.97 Å². The van der Waals surface area contributed by atoms with E-state index in [1.54, 1.807) is 6.07 Å². The van der Waals surface area contributed by atoms with E-state index in [2.05, 4.69) is 43.2 Å². The van der Waals surface area contributed by atoms with Crippen LogP contribution in [-0.2, 0) is 9.53 Å². The summed E-state index contributed by atoms with van der Waals surface area (Å²) in [5.41, 5.74) is 0.605. The van der Waals surface area contributed by atoms with Gasteiger partial charge in [0, 0.05) is 6.04 Å². The minimum Gasteiger partial charge on any atom is -0.465 e. The molecule has 7 heteroatoms. The van der Waals surface area contributed by atoms with Gasteiger partial charge in [0.25, 0.3) is 0 Å². The number of hydrogen-bond acceptors (Lipinski definition) is 5. The number of ether oxygens (including phenoxy) is 1. The normalized spacial score (nSPS) is 29.7. The molecule has 1 saturated heterocycles. The third-order valence-corrected chi connectivity index (χ3v) is 4.61. The summed E-state index contributed by atoms with van der Waals surface area (Å²) in [4.78, 5) is 28.0. The molecule has 2 aliphatic rings. The molecule has 2 heterocycles. The highest BCUT2D eigenvalue weighted by atomic mass is 79.9. The van der Waals surface area contributed by atoms with Crippen LogP contribution < -0.4 is 10.6 Å². The first-order chi connectivity index (χ1) is 9.91. The Hall–Kier alpha value is -1.47. The molecule has 1 aliphatic carbocycles. The van der Waals surface area contributed by atoms with Gasteiger partial charge in [0.1, 0.15) is 10.4 Å². The van der Waals surface area contributed by atoms with Crippen LogP contribution in [0.5, 0.6) is 0 Å². The maximum atomic E-state index is 12.2. The van der Waals surface area contributed by atoms with Gasteiger partial charge in [-0.25, -0.2) is 9.78 Å². The lowest BCUT2D eigenvalue weighted by Crippen LogP contribution is -2.38. The lowest BCUT2D eigenvalue weighted by Gasteiger charge is -2.14. The molecule has 0 aromatic carbocycles. The van der Waals surface area contributed by atoms with Crippen LogP contribution in [-0.4, -0.2) is 36.1 Å². The lowest BCUT2D eigenvalue weighted by molar-refractivity contribution is -0.118. The molecular formula is C14H16BrN3O3. The molecule has 0 radical (unpaired) electrons. The van der Waals surface area contributed by atoms with Crippen molar-refractivity contribution in [1.82, 2.24) is 10.3 Å². The number of amides is 1. The number of methoxy groups -OCH3 is 1. The van der Waals surface area contributed by atoms with Gasteiger partial charge in [-0.05, 0) is 46.3 Å². The molecule has 2 N–H and O–H groups in total. The van der Waals surface area contributed by atoms with Gasteiger partial charge in [-0.1, -0.05) is 6.92 Å². The number of carbonyl (C=O) groups excluding carboxylic acids is 2. The number of carbonyl (C=O) groups is 2. The standard InChI is InChI=1S/C14H16BrN3O3/c1-14-5-8(16-9(14)6-14)12(19)18-11-4-7(13(20)21-2)3-10(15)17-11/h3-4,8-9,16H,5-6H2,1-2H3,(H,17,18,19)/t8-,9+,14-/m0/s1. The van der Waals surface area contributed by atoms with Gasteiger partial charge in [0.05, 0.1) is 18.7 Å². The maximum Gasteiger partial charge on any atom is 0.338 e. The lowest BCUT2D eigenvalue weighted by atomic mass is 10.0. The van der Waals surface area contributed by atoms with Crippen molar-refractivity contribution in [2.45, 2.75) is 31.8 Å². The maximum absolute atomic E-state index is 12.2. The molecule has 6 nitrogen and oxygen atoms in total. The number of aromatic nitrogens is 1. The highest BCUT2D eigenvalue weighted by Crippen LogP contribution is 2.53. The molecule has 1 aromatic heterocycles. The van der Waals surface area contributed by atoms with Crippen molar-refractivity contribution >= 4 is 33.6 Å². The first kappa shape index (κ1) is 14.5. The van der Waals surface area contributed by atoms with Crippen LogP contribution in [0.1, 0.15) is 30.1 Å². The first-order valence-electron chi connectivity index (χ1n) is 6.74. The molecule has 0 bridgehead atoms. The van der Waals surface area contributed by atoms with Crippen LogP contribution in [0.4, 0.5) is 5.82 Å². The summed E-state index contributed by atoms with van der Waals surface area (Å²) in [6.45, 7) is 2.19. The summed E-state index contributed by atoms with van der Waals surface area (Å²) < 4.78 is 5.14. The second-order valence-electron chi connectivity index (χ2n) is 5.88. The molecule has 3 rings (SSSR count). The van der Waals surface area contributed by atoms with Crippen molar-refractivity contribution in [3.05, 3.63) is 22.3 Å². The number of nitrogens with one attached hydrogen (secondary N) is 2. The zero-order valence-electron chi connectivity index (χ0n) is 11.8. The summed E-state index contributed by atoms with van der Waals surface area (Å²) in [7, 11) is 1.31. The quantitative estimate of drug-likeness (QED) is 0.638. The van der Waals surface area contributed by atoms with Crippen molar-refractivity contribution in [2.75, 3.05) is 12.4 Å². The summed E-state index contributed by atoms with van der Waals surface area (Å²) in [5.74, 6) is -0.256. The van der Waals surface area contributed by atoms with Gasteiger partial charge in [0.15, 0.2) is 0 Å². The van der Waals surface area contributed by atoms with Crippen LogP contribution >= 0.6 is 15.9 Å². The third kappa shape index (κ3) is 2.80. The highest BCUT2D eigenvalue weighted by Gasteiger charge is 2.58. The monoisotopic (exact) mass is 353 g/mol. The van der Waals surface area contributed by atoms with Gasteiger partial charge < -0.3 is 15.4 Å². The third-order valence-electron chi connectivity index (χ3n) is 4.21. The fourth-order valence-corrected chi connectivity index (χ4v) is 3.28. The highest BCUT2D eigenvalue weighted by molar-refractivity contribution is 9.10. The molecule has 0 spiro atoms. The van der Waals surface area contributed by atoms with Crippen LogP contribution in [0.15, 0.2) is 16.7 Å². The molecule has 112 valence electrons. The largest absolute Gasteiger partial charge is 0.465 e. The number of esters is 1. The predicted molar refractivity (Wildman–Crippen MR) is 80.0 cm³/mol.